The Morgan fingerprint density at radius 1 is 0.926 bits per heavy atom. The second kappa shape index (κ2) is 9.36. The van der Waals surface area contributed by atoms with Gasteiger partial charge in [0.1, 0.15) is 6.61 Å². The second-order valence-corrected chi connectivity index (χ2v) is 7.64. The highest BCUT2D eigenvalue weighted by Crippen LogP contribution is 2.37. The van der Waals surface area contributed by atoms with Gasteiger partial charge >= 0.3 is 0 Å². The van der Waals surface area contributed by atoms with Crippen LogP contribution in [0.3, 0.4) is 0 Å². The summed E-state index contributed by atoms with van der Waals surface area (Å²) in [7, 11) is 1.61. The van der Waals surface area contributed by atoms with Crippen LogP contribution in [0.4, 0.5) is 5.69 Å². The summed E-state index contributed by atoms with van der Waals surface area (Å²) in [5, 5.41) is 4.55. The molecule has 0 spiro atoms. The van der Waals surface area contributed by atoms with E-state index in [1.54, 1.807) is 7.11 Å². The molecule has 0 aromatic heterocycles. The second-order valence-electron chi connectivity index (χ2n) is 5.88. The minimum Gasteiger partial charge on any atom is -0.493 e. The van der Waals surface area contributed by atoms with Gasteiger partial charge in [0.2, 0.25) is 0 Å². The lowest BCUT2D eigenvalue weighted by molar-refractivity contribution is 0.284. The van der Waals surface area contributed by atoms with Crippen molar-refractivity contribution in [2.75, 3.05) is 12.4 Å². The van der Waals surface area contributed by atoms with E-state index in [1.807, 2.05) is 60.7 Å². The number of halogens is 3. The molecule has 3 aromatic carbocycles. The maximum Gasteiger partial charge on any atom is 0.180 e. The Morgan fingerprint density at radius 3 is 2.30 bits per heavy atom. The Labute approximate surface area is 177 Å². The molecule has 0 bridgehead atoms. The molecule has 0 saturated heterocycles. The zero-order valence-electron chi connectivity index (χ0n) is 14.6. The minimum absolute atomic E-state index is 0.408. The number of ether oxygens (including phenoxy) is 2. The molecule has 0 atom stereocenters. The molecule has 3 rings (SSSR count). The van der Waals surface area contributed by atoms with E-state index in [0.29, 0.717) is 34.7 Å². The van der Waals surface area contributed by atoms with Crippen molar-refractivity contribution in [2.24, 2.45) is 0 Å². The van der Waals surface area contributed by atoms with E-state index in [0.717, 1.165) is 21.3 Å². The van der Waals surface area contributed by atoms with Crippen LogP contribution in [0.5, 0.6) is 11.5 Å². The number of methoxy groups -OCH3 is 1. The predicted molar refractivity (Wildman–Crippen MR) is 115 cm³/mol. The van der Waals surface area contributed by atoms with Crippen molar-refractivity contribution < 1.29 is 9.47 Å². The highest BCUT2D eigenvalue weighted by Gasteiger charge is 2.12. The summed E-state index contributed by atoms with van der Waals surface area (Å²) in [4.78, 5) is 0. The Morgan fingerprint density at radius 2 is 1.63 bits per heavy atom. The van der Waals surface area contributed by atoms with Crippen LogP contribution >= 0.6 is 39.1 Å². The van der Waals surface area contributed by atoms with Crippen molar-refractivity contribution in [3.63, 3.8) is 0 Å². The zero-order valence-corrected chi connectivity index (χ0v) is 17.7. The van der Waals surface area contributed by atoms with E-state index in [-0.39, 0.29) is 0 Å². The number of hydrogen-bond donors (Lipinski definition) is 1. The first kappa shape index (κ1) is 19.9. The lowest BCUT2D eigenvalue weighted by Gasteiger charge is -2.15. The molecular weight excluding hydrogens is 449 g/mol. The van der Waals surface area contributed by atoms with Crippen molar-refractivity contribution in [1.82, 2.24) is 0 Å². The van der Waals surface area contributed by atoms with Gasteiger partial charge in [-0.2, -0.15) is 0 Å². The molecule has 0 unspecified atom stereocenters. The van der Waals surface area contributed by atoms with E-state index >= 15 is 0 Å². The number of anilines is 1. The average Bonchev–Trinajstić information content (AvgIpc) is 2.67. The smallest absolute Gasteiger partial charge is 0.180 e. The van der Waals surface area contributed by atoms with Crippen LogP contribution < -0.4 is 14.8 Å². The van der Waals surface area contributed by atoms with Gasteiger partial charge in [0.15, 0.2) is 11.5 Å². The number of benzene rings is 3. The molecule has 0 aliphatic heterocycles. The molecule has 0 fully saturated rings. The van der Waals surface area contributed by atoms with Crippen LogP contribution in [0, 0.1) is 0 Å². The fourth-order valence-corrected chi connectivity index (χ4v) is 3.20. The lowest BCUT2D eigenvalue weighted by atomic mass is 10.2. The molecule has 0 heterocycles. The Balaban J connectivity index is 1.70. The molecular formula is C21H18BrCl2NO2. The van der Waals surface area contributed by atoms with Crippen molar-refractivity contribution in [2.45, 2.75) is 13.2 Å². The SMILES string of the molecule is COc1cc(CNc2ccc(Cl)cc2)cc(Cl)c1OCc1ccc(Br)cc1. The molecule has 0 radical (unpaired) electrons. The highest BCUT2D eigenvalue weighted by atomic mass is 79.9. The van der Waals surface area contributed by atoms with Gasteiger partial charge in [-0.05, 0) is 59.7 Å². The van der Waals surface area contributed by atoms with Crippen LogP contribution in [0.2, 0.25) is 10.0 Å². The first-order valence-electron chi connectivity index (χ1n) is 8.28. The monoisotopic (exact) mass is 465 g/mol. The van der Waals surface area contributed by atoms with Crippen LogP contribution in [0.1, 0.15) is 11.1 Å². The minimum atomic E-state index is 0.408. The topological polar surface area (TPSA) is 30.5 Å². The molecule has 1 N–H and O–H groups in total. The van der Waals surface area contributed by atoms with E-state index in [2.05, 4.69) is 21.2 Å². The standard InChI is InChI=1S/C21H18BrCl2NO2/c1-26-20-11-15(12-25-18-8-6-17(23)7-9-18)10-19(24)21(20)27-13-14-2-4-16(22)5-3-14/h2-11,25H,12-13H2,1H3. The zero-order chi connectivity index (χ0) is 19.2. The van der Waals surface area contributed by atoms with Gasteiger partial charge in [-0.15, -0.1) is 0 Å². The molecule has 0 aliphatic rings. The van der Waals surface area contributed by atoms with Gasteiger partial charge in [0.25, 0.3) is 0 Å². The Bertz CT molecular complexity index is 899. The molecule has 27 heavy (non-hydrogen) atoms. The van der Waals surface area contributed by atoms with Gasteiger partial charge < -0.3 is 14.8 Å². The van der Waals surface area contributed by atoms with Crippen LogP contribution in [-0.2, 0) is 13.2 Å². The summed E-state index contributed by atoms with van der Waals surface area (Å²) in [6.07, 6.45) is 0. The van der Waals surface area contributed by atoms with Crippen LogP contribution in [0.25, 0.3) is 0 Å². The third-order valence-electron chi connectivity index (χ3n) is 3.93. The van der Waals surface area contributed by atoms with Gasteiger partial charge in [0, 0.05) is 21.7 Å². The van der Waals surface area contributed by atoms with Crippen molar-refractivity contribution >= 4 is 44.8 Å². The quantitative estimate of drug-likeness (QED) is 0.408. The number of nitrogens with one attached hydrogen (secondary N) is 1. The summed E-state index contributed by atoms with van der Waals surface area (Å²) < 4.78 is 12.4. The maximum absolute atomic E-state index is 6.45. The summed E-state index contributed by atoms with van der Waals surface area (Å²) in [5.74, 6) is 1.14. The third kappa shape index (κ3) is 5.55. The first-order valence-corrected chi connectivity index (χ1v) is 9.83. The summed E-state index contributed by atoms with van der Waals surface area (Å²) >= 11 is 15.8. The van der Waals surface area contributed by atoms with Crippen molar-refractivity contribution in [3.05, 3.63) is 86.3 Å². The largest absolute Gasteiger partial charge is 0.493 e. The summed E-state index contributed by atoms with van der Waals surface area (Å²) in [5.41, 5.74) is 3.01. The third-order valence-corrected chi connectivity index (χ3v) is 4.99. The highest BCUT2D eigenvalue weighted by molar-refractivity contribution is 9.10. The lowest BCUT2D eigenvalue weighted by Crippen LogP contribution is -2.02. The predicted octanol–water partition coefficient (Wildman–Crippen LogP) is 6.96. The van der Waals surface area contributed by atoms with E-state index < -0.39 is 0 Å². The molecule has 0 amide bonds. The maximum atomic E-state index is 6.45. The summed E-state index contributed by atoms with van der Waals surface area (Å²) in [6.45, 7) is 1.01. The van der Waals surface area contributed by atoms with Crippen molar-refractivity contribution in [1.29, 1.82) is 0 Å². The molecule has 0 saturated carbocycles. The van der Waals surface area contributed by atoms with E-state index in [4.69, 9.17) is 32.7 Å². The van der Waals surface area contributed by atoms with Gasteiger partial charge in [-0.3, -0.25) is 0 Å². The summed E-state index contributed by atoms with van der Waals surface area (Å²) in [6, 6.07) is 19.3. The fraction of sp³-hybridized carbons (Fsp3) is 0.143. The molecule has 3 nitrogen and oxygen atoms in total. The van der Waals surface area contributed by atoms with Crippen molar-refractivity contribution in [3.8, 4) is 11.5 Å². The first-order chi connectivity index (χ1) is 13.0. The van der Waals surface area contributed by atoms with Crippen LogP contribution in [0.15, 0.2) is 65.1 Å². The average molecular weight is 467 g/mol. The molecule has 0 aliphatic carbocycles. The molecule has 6 heteroatoms. The number of hydrogen-bond acceptors (Lipinski definition) is 3. The molecule has 3 aromatic rings. The van der Waals surface area contributed by atoms with E-state index in [9.17, 15) is 0 Å². The Hall–Kier alpha value is -1.88. The van der Waals surface area contributed by atoms with Crippen LogP contribution in [-0.4, -0.2) is 7.11 Å². The Kier molecular flexibility index (Phi) is 6.89. The molecule has 140 valence electrons. The number of rotatable bonds is 7. The van der Waals surface area contributed by atoms with Gasteiger partial charge in [0.05, 0.1) is 12.1 Å². The van der Waals surface area contributed by atoms with Gasteiger partial charge in [-0.25, -0.2) is 0 Å². The van der Waals surface area contributed by atoms with Gasteiger partial charge in [-0.1, -0.05) is 51.3 Å². The fourth-order valence-electron chi connectivity index (χ4n) is 2.52. The normalized spacial score (nSPS) is 10.5. The van der Waals surface area contributed by atoms with E-state index in [1.165, 1.54) is 0 Å².